The monoisotopic (exact) mass is 201 g/mol. The van der Waals surface area contributed by atoms with E-state index in [-0.39, 0.29) is 12.6 Å². The fourth-order valence-corrected chi connectivity index (χ4v) is 1.06. The largest absolute Gasteiger partial charge is 0.463 e. The fourth-order valence-electron chi connectivity index (χ4n) is 1.06. The molecule has 0 amide bonds. The van der Waals surface area contributed by atoms with Crippen LogP contribution in [0.1, 0.15) is 13.8 Å². The van der Waals surface area contributed by atoms with E-state index in [0.717, 1.165) is 6.54 Å². The number of nitrogens with zero attached hydrogens (tertiary/aromatic N) is 1. The van der Waals surface area contributed by atoms with E-state index in [1.807, 2.05) is 11.8 Å². The van der Waals surface area contributed by atoms with Gasteiger partial charge in [-0.05, 0) is 13.5 Å². The van der Waals surface area contributed by atoms with Crippen LogP contribution in [0.4, 0.5) is 0 Å². The number of rotatable bonds is 7. The number of aliphatic hydroxyl groups is 1. The maximum Gasteiger partial charge on any atom is 0.334 e. The number of hydrogen-bond donors (Lipinski definition) is 1. The summed E-state index contributed by atoms with van der Waals surface area (Å²) in [6.07, 6.45) is 0. The second-order valence-electron chi connectivity index (χ2n) is 2.92. The second-order valence-corrected chi connectivity index (χ2v) is 2.92. The van der Waals surface area contributed by atoms with E-state index in [1.165, 1.54) is 0 Å². The SMILES string of the molecule is C=C(CN(CC)CCO)C(=O)OCC. The van der Waals surface area contributed by atoms with Gasteiger partial charge in [-0.25, -0.2) is 4.79 Å². The first-order chi connectivity index (χ1) is 6.65. The zero-order chi connectivity index (χ0) is 11.0. The molecule has 0 unspecified atom stereocenters. The van der Waals surface area contributed by atoms with Crippen molar-refractivity contribution >= 4 is 5.97 Å². The molecule has 4 nitrogen and oxygen atoms in total. The van der Waals surface area contributed by atoms with Crippen molar-refractivity contribution in [3.05, 3.63) is 12.2 Å². The maximum atomic E-state index is 11.2. The molecule has 0 aromatic carbocycles. The van der Waals surface area contributed by atoms with Gasteiger partial charge in [-0.2, -0.15) is 0 Å². The van der Waals surface area contributed by atoms with Gasteiger partial charge in [-0.15, -0.1) is 0 Å². The predicted octanol–water partition coefficient (Wildman–Crippen LogP) is 0.420. The number of ether oxygens (including phenoxy) is 1. The number of likely N-dealkylation sites (N-methyl/N-ethyl adjacent to an activating group) is 1. The molecule has 14 heavy (non-hydrogen) atoms. The Morgan fingerprint density at radius 3 is 2.57 bits per heavy atom. The third-order valence-electron chi connectivity index (χ3n) is 1.84. The average molecular weight is 201 g/mol. The topological polar surface area (TPSA) is 49.8 Å². The van der Waals surface area contributed by atoms with E-state index in [9.17, 15) is 4.79 Å². The van der Waals surface area contributed by atoms with Crippen molar-refractivity contribution in [2.45, 2.75) is 13.8 Å². The van der Waals surface area contributed by atoms with E-state index in [4.69, 9.17) is 9.84 Å². The van der Waals surface area contributed by atoms with Crippen LogP contribution in [-0.4, -0.2) is 48.8 Å². The minimum atomic E-state index is -0.358. The lowest BCUT2D eigenvalue weighted by atomic mass is 10.3. The molecule has 0 saturated carbocycles. The average Bonchev–Trinajstić information content (AvgIpc) is 2.17. The second kappa shape index (κ2) is 7.53. The molecule has 0 aromatic rings. The van der Waals surface area contributed by atoms with Crippen molar-refractivity contribution in [1.82, 2.24) is 4.90 Å². The molecule has 0 heterocycles. The molecule has 0 radical (unpaired) electrons. The van der Waals surface area contributed by atoms with Gasteiger partial charge >= 0.3 is 5.97 Å². The quantitative estimate of drug-likeness (QED) is 0.479. The standard InChI is InChI=1S/C10H19NO3/c1-4-11(6-7-12)8-9(3)10(13)14-5-2/h12H,3-8H2,1-2H3. The van der Waals surface area contributed by atoms with Gasteiger partial charge in [-0.3, -0.25) is 4.90 Å². The van der Waals surface area contributed by atoms with Crippen LogP contribution in [0.5, 0.6) is 0 Å². The van der Waals surface area contributed by atoms with Crippen molar-refractivity contribution in [1.29, 1.82) is 0 Å². The van der Waals surface area contributed by atoms with Crippen molar-refractivity contribution in [2.75, 3.05) is 32.8 Å². The molecule has 0 bridgehead atoms. The summed E-state index contributed by atoms with van der Waals surface area (Å²) in [4.78, 5) is 13.1. The summed E-state index contributed by atoms with van der Waals surface area (Å²) in [6, 6.07) is 0. The summed E-state index contributed by atoms with van der Waals surface area (Å²) >= 11 is 0. The van der Waals surface area contributed by atoms with Gasteiger partial charge in [-0.1, -0.05) is 13.5 Å². The molecule has 0 rings (SSSR count). The molecule has 0 aromatic heterocycles. The first kappa shape index (κ1) is 13.1. The normalized spacial score (nSPS) is 10.3. The van der Waals surface area contributed by atoms with Crippen LogP contribution in [-0.2, 0) is 9.53 Å². The van der Waals surface area contributed by atoms with Crippen LogP contribution in [0.3, 0.4) is 0 Å². The van der Waals surface area contributed by atoms with E-state index in [1.54, 1.807) is 6.92 Å². The smallest absolute Gasteiger partial charge is 0.334 e. The Morgan fingerprint density at radius 2 is 2.14 bits per heavy atom. The first-order valence-corrected chi connectivity index (χ1v) is 4.83. The van der Waals surface area contributed by atoms with Gasteiger partial charge in [0.15, 0.2) is 0 Å². The Labute approximate surface area is 85.2 Å². The van der Waals surface area contributed by atoms with Crippen LogP contribution in [0, 0.1) is 0 Å². The number of aliphatic hydroxyl groups excluding tert-OH is 1. The Bertz CT molecular complexity index is 192. The molecule has 0 saturated heterocycles. The zero-order valence-corrected chi connectivity index (χ0v) is 8.95. The number of esters is 1. The summed E-state index contributed by atoms with van der Waals surface area (Å²) in [5, 5.41) is 8.74. The van der Waals surface area contributed by atoms with Crippen LogP contribution in [0.2, 0.25) is 0 Å². The van der Waals surface area contributed by atoms with Gasteiger partial charge < -0.3 is 9.84 Å². The Balaban J connectivity index is 3.95. The highest BCUT2D eigenvalue weighted by atomic mass is 16.5. The van der Waals surface area contributed by atoms with E-state index < -0.39 is 0 Å². The van der Waals surface area contributed by atoms with Crippen LogP contribution in [0.25, 0.3) is 0 Å². The maximum absolute atomic E-state index is 11.2. The minimum Gasteiger partial charge on any atom is -0.463 e. The minimum absolute atomic E-state index is 0.0872. The predicted molar refractivity (Wildman–Crippen MR) is 55.0 cm³/mol. The molecular weight excluding hydrogens is 182 g/mol. The lowest BCUT2D eigenvalue weighted by Gasteiger charge is -2.19. The Kier molecular flexibility index (Phi) is 7.06. The molecule has 0 atom stereocenters. The molecule has 1 N–H and O–H groups in total. The number of carbonyl (C=O) groups is 1. The van der Waals surface area contributed by atoms with Gasteiger partial charge in [0.1, 0.15) is 0 Å². The van der Waals surface area contributed by atoms with Gasteiger partial charge in [0, 0.05) is 18.7 Å². The summed E-state index contributed by atoms with van der Waals surface area (Å²) in [6.45, 7) is 9.61. The Morgan fingerprint density at radius 1 is 1.50 bits per heavy atom. The Hall–Kier alpha value is -0.870. The van der Waals surface area contributed by atoms with Crippen molar-refractivity contribution < 1.29 is 14.6 Å². The molecule has 0 fully saturated rings. The van der Waals surface area contributed by atoms with Crippen LogP contribution in [0.15, 0.2) is 12.2 Å². The lowest BCUT2D eigenvalue weighted by molar-refractivity contribution is -0.138. The number of carbonyl (C=O) groups excluding carboxylic acids is 1. The van der Waals surface area contributed by atoms with Crippen molar-refractivity contribution in [3.63, 3.8) is 0 Å². The van der Waals surface area contributed by atoms with E-state index in [0.29, 0.717) is 25.3 Å². The molecule has 0 spiro atoms. The highest BCUT2D eigenvalue weighted by molar-refractivity contribution is 5.88. The molecule has 0 aliphatic heterocycles. The van der Waals surface area contributed by atoms with Crippen molar-refractivity contribution in [2.24, 2.45) is 0 Å². The first-order valence-electron chi connectivity index (χ1n) is 4.83. The van der Waals surface area contributed by atoms with E-state index in [2.05, 4.69) is 6.58 Å². The summed E-state index contributed by atoms with van der Waals surface area (Å²) in [7, 11) is 0. The highest BCUT2D eigenvalue weighted by Crippen LogP contribution is 1.99. The summed E-state index contributed by atoms with van der Waals surface area (Å²) in [5.41, 5.74) is 0.433. The molecule has 4 heteroatoms. The zero-order valence-electron chi connectivity index (χ0n) is 8.95. The number of hydrogen-bond acceptors (Lipinski definition) is 4. The molecule has 0 aliphatic rings. The third-order valence-corrected chi connectivity index (χ3v) is 1.84. The lowest BCUT2D eigenvalue weighted by Crippen LogP contribution is -2.30. The molecule has 82 valence electrons. The summed E-state index contributed by atoms with van der Waals surface area (Å²) < 4.78 is 4.80. The molecular formula is C10H19NO3. The van der Waals surface area contributed by atoms with Gasteiger partial charge in [0.05, 0.1) is 13.2 Å². The molecule has 0 aliphatic carbocycles. The van der Waals surface area contributed by atoms with Crippen molar-refractivity contribution in [3.8, 4) is 0 Å². The third kappa shape index (κ3) is 4.99. The van der Waals surface area contributed by atoms with Crippen LogP contribution < -0.4 is 0 Å². The highest BCUT2D eigenvalue weighted by Gasteiger charge is 2.11. The van der Waals surface area contributed by atoms with E-state index >= 15 is 0 Å². The van der Waals surface area contributed by atoms with Gasteiger partial charge in [0.25, 0.3) is 0 Å². The fraction of sp³-hybridized carbons (Fsp3) is 0.700. The summed E-state index contributed by atoms with van der Waals surface area (Å²) in [5.74, 6) is -0.358. The van der Waals surface area contributed by atoms with Crippen LogP contribution >= 0.6 is 0 Å². The van der Waals surface area contributed by atoms with Gasteiger partial charge in [0.2, 0.25) is 0 Å².